The molecular weight excluding hydrogens is 328 g/mol. The van der Waals surface area contributed by atoms with Gasteiger partial charge in [0.25, 0.3) is 0 Å². The van der Waals surface area contributed by atoms with Gasteiger partial charge < -0.3 is 4.57 Å². The first-order chi connectivity index (χ1) is 12.1. The summed E-state index contributed by atoms with van der Waals surface area (Å²) in [5.74, 6) is 0. The maximum Gasteiger partial charge on any atom is 0.0946 e. The molecule has 1 unspecified atom stereocenters. The van der Waals surface area contributed by atoms with Gasteiger partial charge in [0.1, 0.15) is 0 Å². The zero-order chi connectivity index (χ0) is 17.5. The van der Waals surface area contributed by atoms with E-state index in [4.69, 9.17) is 11.6 Å². The predicted molar refractivity (Wildman–Crippen MR) is 105 cm³/mol. The standard InChI is InChI=1S/C22H25ClN2/c1-22(17-25-16-15-24-18-25,13-11-19-5-3-2-4-6-19)14-12-20-7-9-21(23)10-8-20/h2-10,15-16,18H,11-14,17H2,1H3. The molecule has 25 heavy (non-hydrogen) atoms. The van der Waals surface area contributed by atoms with Crippen LogP contribution in [0.4, 0.5) is 0 Å². The number of rotatable bonds is 8. The Morgan fingerprint density at radius 1 is 0.920 bits per heavy atom. The van der Waals surface area contributed by atoms with Crippen LogP contribution in [0.3, 0.4) is 0 Å². The summed E-state index contributed by atoms with van der Waals surface area (Å²) in [6.07, 6.45) is 10.3. The van der Waals surface area contributed by atoms with Crippen LogP contribution in [0.5, 0.6) is 0 Å². The van der Waals surface area contributed by atoms with Crippen LogP contribution in [0.1, 0.15) is 30.9 Å². The second-order valence-electron chi connectivity index (χ2n) is 7.16. The summed E-state index contributed by atoms with van der Waals surface area (Å²) in [5.41, 5.74) is 2.97. The molecule has 2 nitrogen and oxygen atoms in total. The van der Waals surface area contributed by atoms with Crippen molar-refractivity contribution in [3.05, 3.63) is 89.5 Å². The highest BCUT2D eigenvalue weighted by Gasteiger charge is 2.24. The largest absolute Gasteiger partial charge is 0.337 e. The SMILES string of the molecule is CC(CCc1ccccc1)(CCc1ccc(Cl)cc1)Cn1ccnc1. The van der Waals surface area contributed by atoms with Crippen LogP contribution in [0.15, 0.2) is 73.3 Å². The molecule has 3 aromatic rings. The first kappa shape index (κ1) is 17.8. The summed E-state index contributed by atoms with van der Waals surface area (Å²) < 4.78 is 2.20. The van der Waals surface area contributed by atoms with Crippen LogP contribution < -0.4 is 0 Å². The summed E-state index contributed by atoms with van der Waals surface area (Å²) in [6, 6.07) is 19.0. The fourth-order valence-corrected chi connectivity index (χ4v) is 3.42. The van der Waals surface area contributed by atoms with Gasteiger partial charge in [-0.15, -0.1) is 0 Å². The van der Waals surface area contributed by atoms with E-state index < -0.39 is 0 Å². The summed E-state index contributed by atoms with van der Waals surface area (Å²) >= 11 is 6.00. The van der Waals surface area contributed by atoms with Crippen molar-refractivity contribution in [1.82, 2.24) is 9.55 Å². The van der Waals surface area contributed by atoms with E-state index >= 15 is 0 Å². The third-order valence-electron chi connectivity index (χ3n) is 4.91. The molecule has 0 amide bonds. The van der Waals surface area contributed by atoms with Crippen molar-refractivity contribution < 1.29 is 0 Å². The van der Waals surface area contributed by atoms with Crippen molar-refractivity contribution in [3.8, 4) is 0 Å². The minimum atomic E-state index is 0.218. The Kier molecular flexibility index (Phi) is 5.93. The summed E-state index contributed by atoms with van der Waals surface area (Å²) in [5, 5.41) is 0.800. The van der Waals surface area contributed by atoms with Crippen molar-refractivity contribution in [2.45, 2.75) is 39.2 Å². The molecular formula is C22H25ClN2. The van der Waals surface area contributed by atoms with E-state index in [0.29, 0.717) is 0 Å². The normalized spacial score (nSPS) is 13.5. The van der Waals surface area contributed by atoms with E-state index in [0.717, 1.165) is 37.3 Å². The van der Waals surface area contributed by atoms with Gasteiger partial charge in [-0.25, -0.2) is 4.98 Å². The Bertz CT molecular complexity index is 750. The lowest BCUT2D eigenvalue weighted by Gasteiger charge is -2.30. The van der Waals surface area contributed by atoms with Gasteiger partial charge in [-0.3, -0.25) is 0 Å². The van der Waals surface area contributed by atoms with E-state index in [1.165, 1.54) is 11.1 Å². The summed E-state index contributed by atoms with van der Waals surface area (Å²) in [4.78, 5) is 4.20. The summed E-state index contributed by atoms with van der Waals surface area (Å²) in [6.45, 7) is 3.39. The third kappa shape index (κ3) is 5.47. The van der Waals surface area contributed by atoms with Crippen molar-refractivity contribution in [2.24, 2.45) is 5.41 Å². The van der Waals surface area contributed by atoms with E-state index in [1.54, 1.807) is 0 Å². The predicted octanol–water partition coefficient (Wildman–Crippen LogP) is 5.81. The number of aromatic nitrogens is 2. The second-order valence-corrected chi connectivity index (χ2v) is 7.59. The molecule has 3 heteroatoms. The van der Waals surface area contributed by atoms with Gasteiger partial charge in [0.15, 0.2) is 0 Å². The molecule has 0 aliphatic carbocycles. The van der Waals surface area contributed by atoms with Crippen molar-refractivity contribution >= 4 is 11.6 Å². The lowest BCUT2D eigenvalue weighted by Crippen LogP contribution is -2.24. The maximum absolute atomic E-state index is 6.00. The molecule has 3 rings (SSSR count). The number of imidazole rings is 1. The van der Waals surface area contributed by atoms with E-state index in [9.17, 15) is 0 Å². The monoisotopic (exact) mass is 352 g/mol. The zero-order valence-electron chi connectivity index (χ0n) is 14.7. The van der Waals surface area contributed by atoms with Gasteiger partial charge in [-0.1, -0.05) is 61.0 Å². The number of halogens is 1. The average molecular weight is 353 g/mol. The van der Waals surface area contributed by atoms with Gasteiger partial charge in [0.05, 0.1) is 6.33 Å². The number of nitrogens with zero attached hydrogens (tertiary/aromatic N) is 2. The number of benzene rings is 2. The molecule has 0 saturated carbocycles. The maximum atomic E-state index is 6.00. The molecule has 2 aromatic carbocycles. The first-order valence-electron chi connectivity index (χ1n) is 8.87. The smallest absolute Gasteiger partial charge is 0.0946 e. The van der Waals surface area contributed by atoms with Gasteiger partial charge in [-0.05, 0) is 54.4 Å². The highest BCUT2D eigenvalue weighted by Crippen LogP contribution is 2.32. The number of aryl methyl sites for hydroxylation is 2. The van der Waals surface area contributed by atoms with E-state index in [2.05, 4.69) is 65.1 Å². The molecule has 0 N–H and O–H groups in total. The fourth-order valence-electron chi connectivity index (χ4n) is 3.29. The van der Waals surface area contributed by atoms with Crippen molar-refractivity contribution in [2.75, 3.05) is 0 Å². The Morgan fingerprint density at radius 2 is 1.56 bits per heavy atom. The quantitative estimate of drug-likeness (QED) is 0.500. The number of hydrogen-bond donors (Lipinski definition) is 0. The van der Waals surface area contributed by atoms with Gasteiger partial charge in [0.2, 0.25) is 0 Å². The van der Waals surface area contributed by atoms with Crippen molar-refractivity contribution in [3.63, 3.8) is 0 Å². The Balaban J connectivity index is 1.67. The van der Waals surface area contributed by atoms with Crippen LogP contribution in [0.2, 0.25) is 5.02 Å². The highest BCUT2D eigenvalue weighted by molar-refractivity contribution is 6.30. The molecule has 0 bridgehead atoms. The molecule has 0 aliphatic heterocycles. The van der Waals surface area contributed by atoms with Crippen LogP contribution in [0.25, 0.3) is 0 Å². The molecule has 1 aromatic heterocycles. The first-order valence-corrected chi connectivity index (χ1v) is 9.25. The minimum Gasteiger partial charge on any atom is -0.337 e. The Hall–Kier alpha value is -2.06. The molecule has 0 aliphatic rings. The average Bonchev–Trinajstić information content (AvgIpc) is 3.13. The topological polar surface area (TPSA) is 17.8 Å². The molecule has 1 atom stereocenters. The molecule has 0 saturated heterocycles. The number of hydrogen-bond acceptors (Lipinski definition) is 1. The molecule has 0 spiro atoms. The van der Waals surface area contributed by atoms with E-state index in [1.807, 2.05) is 24.7 Å². The molecule has 1 heterocycles. The molecule has 130 valence electrons. The molecule has 0 radical (unpaired) electrons. The fraction of sp³-hybridized carbons (Fsp3) is 0.318. The molecule has 0 fully saturated rings. The zero-order valence-corrected chi connectivity index (χ0v) is 15.5. The Morgan fingerprint density at radius 3 is 2.16 bits per heavy atom. The lowest BCUT2D eigenvalue weighted by molar-refractivity contribution is 0.228. The third-order valence-corrected chi connectivity index (χ3v) is 5.17. The van der Waals surface area contributed by atoms with Crippen LogP contribution in [-0.2, 0) is 19.4 Å². The van der Waals surface area contributed by atoms with Gasteiger partial charge in [-0.2, -0.15) is 0 Å². The minimum absolute atomic E-state index is 0.218. The lowest BCUT2D eigenvalue weighted by atomic mass is 9.79. The Labute approximate surface area is 155 Å². The van der Waals surface area contributed by atoms with Gasteiger partial charge in [0, 0.05) is 24.0 Å². The van der Waals surface area contributed by atoms with Crippen LogP contribution >= 0.6 is 11.6 Å². The highest BCUT2D eigenvalue weighted by atomic mass is 35.5. The van der Waals surface area contributed by atoms with Gasteiger partial charge >= 0.3 is 0 Å². The van der Waals surface area contributed by atoms with Crippen LogP contribution in [-0.4, -0.2) is 9.55 Å². The summed E-state index contributed by atoms with van der Waals surface area (Å²) in [7, 11) is 0. The van der Waals surface area contributed by atoms with Crippen molar-refractivity contribution in [1.29, 1.82) is 0 Å². The second kappa shape index (κ2) is 8.35. The van der Waals surface area contributed by atoms with Crippen LogP contribution in [0, 0.1) is 5.41 Å². The van der Waals surface area contributed by atoms with E-state index in [-0.39, 0.29) is 5.41 Å².